The monoisotopic (exact) mass is 526 g/mol. The Kier molecular flexibility index (Phi) is 5.01. The molecule has 5 heterocycles. The van der Waals surface area contributed by atoms with E-state index in [1.54, 1.807) is 12.1 Å². The third-order valence-corrected chi connectivity index (χ3v) is 8.07. The van der Waals surface area contributed by atoms with Crippen molar-refractivity contribution in [2.45, 2.75) is 68.3 Å². The molecule has 1 aromatic carbocycles. The molecule has 14 nitrogen and oxygen atoms in total. The zero-order valence-electron chi connectivity index (χ0n) is 20.9. The molecule has 5 aliphatic heterocycles. The molecule has 14 heteroatoms. The van der Waals surface area contributed by atoms with E-state index in [9.17, 15) is 24.6 Å². The first-order valence-electron chi connectivity index (χ1n) is 12.5. The van der Waals surface area contributed by atoms with E-state index in [-0.39, 0.29) is 55.2 Å². The number of carbonyl (C=O) groups excluding carboxylic acids is 3. The molecule has 6 rings (SSSR count). The van der Waals surface area contributed by atoms with Crippen LogP contribution in [0.15, 0.2) is 18.2 Å². The standard InChI is InChI=1S/C24H30N8O6/c1-22(2)8-11-4-3-5-12(17(11)38-22)19(35)28-14-10-32-21(26)27-13(9-31-15(33)6-7-16(31)34)18-23(32,24(14,36)37)30-20(25)29-18/h3-5,13-14,18,36-37H,6-10H2,1-2H3,(H2,26,27)(H,28,35)(H3,25,29,30)/t13-,14?,18-,23?/m0/s1. The van der Waals surface area contributed by atoms with Crippen LogP contribution in [0.25, 0.3) is 0 Å². The fourth-order valence-corrected chi connectivity index (χ4v) is 6.39. The molecule has 0 aliphatic carbocycles. The van der Waals surface area contributed by atoms with E-state index < -0.39 is 41.1 Å². The Hall–Kier alpha value is -3.91. The number of guanidine groups is 2. The van der Waals surface area contributed by atoms with Gasteiger partial charge in [0.25, 0.3) is 5.91 Å². The number of likely N-dealkylation sites (tertiary alicyclic amines) is 1. The Morgan fingerprint density at radius 1 is 1.18 bits per heavy atom. The summed E-state index contributed by atoms with van der Waals surface area (Å²) in [5.74, 6) is -3.93. The number of nitrogens with one attached hydrogen (secondary N) is 6. The van der Waals surface area contributed by atoms with Gasteiger partial charge < -0.3 is 41.1 Å². The predicted octanol–water partition coefficient (Wildman–Crippen LogP) is -2.26. The maximum absolute atomic E-state index is 13.4. The molecule has 202 valence electrons. The Bertz CT molecular complexity index is 1280. The van der Waals surface area contributed by atoms with E-state index in [0.29, 0.717) is 12.2 Å². The van der Waals surface area contributed by atoms with Crippen LogP contribution in [-0.2, 0) is 16.0 Å². The van der Waals surface area contributed by atoms with Crippen molar-refractivity contribution in [3.05, 3.63) is 29.3 Å². The number of amides is 3. The SMILES string of the molecule is CC1(C)Cc2cccc(C(=O)NC3CN4C(=N)N[C@@H](CN5C(=O)CCC5=O)[C@@H]5NC(=N)NC54C3(O)O)c2O1. The van der Waals surface area contributed by atoms with Crippen molar-refractivity contribution in [1.82, 2.24) is 31.1 Å². The Morgan fingerprint density at radius 3 is 2.61 bits per heavy atom. The smallest absolute Gasteiger partial charge is 0.255 e. The largest absolute Gasteiger partial charge is 0.486 e. The molecule has 3 amide bonds. The van der Waals surface area contributed by atoms with Gasteiger partial charge in [0.2, 0.25) is 17.6 Å². The number of para-hydroxylation sites is 1. The van der Waals surface area contributed by atoms with E-state index in [4.69, 9.17) is 15.6 Å². The van der Waals surface area contributed by atoms with E-state index in [1.807, 2.05) is 19.9 Å². The predicted molar refractivity (Wildman–Crippen MR) is 131 cm³/mol. The summed E-state index contributed by atoms with van der Waals surface area (Å²) in [7, 11) is 0. The molecule has 4 fully saturated rings. The number of nitrogens with zero attached hydrogens (tertiary/aromatic N) is 2. The van der Waals surface area contributed by atoms with Gasteiger partial charge in [0.05, 0.1) is 24.2 Å². The highest BCUT2D eigenvalue weighted by Crippen LogP contribution is 2.44. The molecule has 38 heavy (non-hydrogen) atoms. The van der Waals surface area contributed by atoms with Gasteiger partial charge in [-0.15, -0.1) is 0 Å². The Balaban J connectivity index is 1.30. The number of hydrogen-bond donors (Lipinski definition) is 8. The van der Waals surface area contributed by atoms with Crippen LogP contribution in [0.2, 0.25) is 0 Å². The summed E-state index contributed by atoms with van der Waals surface area (Å²) < 4.78 is 6.00. The zero-order chi connectivity index (χ0) is 27.2. The number of fused-ring (bicyclic) bond motifs is 1. The van der Waals surface area contributed by atoms with E-state index in [2.05, 4.69) is 21.3 Å². The van der Waals surface area contributed by atoms with Crippen molar-refractivity contribution in [2.75, 3.05) is 13.1 Å². The first kappa shape index (κ1) is 24.4. The lowest BCUT2D eigenvalue weighted by atomic mass is 9.84. The van der Waals surface area contributed by atoms with Gasteiger partial charge in [0, 0.05) is 25.8 Å². The summed E-state index contributed by atoms with van der Waals surface area (Å²) in [5, 5.41) is 51.3. The Morgan fingerprint density at radius 2 is 1.89 bits per heavy atom. The summed E-state index contributed by atoms with van der Waals surface area (Å²) in [4.78, 5) is 40.3. The number of hydrogen-bond acceptors (Lipinski definition) is 8. The topological polar surface area (TPSA) is 203 Å². The van der Waals surface area contributed by atoms with Gasteiger partial charge in [-0.05, 0) is 25.5 Å². The lowest BCUT2D eigenvalue weighted by molar-refractivity contribution is -0.232. The maximum atomic E-state index is 13.4. The molecule has 5 aliphatic rings. The molecule has 4 saturated heterocycles. The average Bonchev–Trinajstić information content (AvgIpc) is 3.52. The normalized spacial score (nSPS) is 32.2. The molecule has 0 radical (unpaired) electrons. The van der Waals surface area contributed by atoms with Crippen LogP contribution in [0.4, 0.5) is 0 Å². The summed E-state index contributed by atoms with van der Waals surface area (Å²) in [6.45, 7) is 3.54. The molecular weight excluding hydrogens is 496 g/mol. The Labute approximate surface area is 217 Å². The fraction of sp³-hybridized carbons (Fsp3) is 0.542. The van der Waals surface area contributed by atoms with Gasteiger partial charge in [-0.2, -0.15) is 0 Å². The summed E-state index contributed by atoms with van der Waals surface area (Å²) >= 11 is 0. The second-order valence-electron chi connectivity index (χ2n) is 11.1. The lowest BCUT2D eigenvalue weighted by Gasteiger charge is -2.51. The first-order valence-corrected chi connectivity index (χ1v) is 12.5. The van der Waals surface area contributed by atoms with Crippen LogP contribution in [0.5, 0.6) is 5.75 Å². The van der Waals surface area contributed by atoms with Gasteiger partial charge in [0.1, 0.15) is 17.4 Å². The highest BCUT2D eigenvalue weighted by atomic mass is 16.5. The van der Waals surface area contributed by atoms with Crippen molar-refractivity contribution in [2.24, 2.45) is 0 Å². The summed E-state index contributed by atoms with van der Waals surface area (Å²) in [6.07, 6.45) is 0.808. The molecule has 4 atom stereocenters. The highest BCUT2D eigenvalue weighted by Gasteiger charge is 2.74. The second kappa shape index (κ2) is 7.80. The second-order valence-corrected chi connectivity index (χ2v) is 11.1. The summed E-state index contributed by atoms with van der Waals surface area (Å²) in [6, 6.07) is 2.17. The van der Waals surface area contributed by atoms with Crippen molar-refractivity contribution >= 4 is 29.6 Å². The van der Waals surface area contributed by atoms with Gasteiger partial charge in [-0.1, -0.05) is 12.1 Å². The molecule has 8 N–H and O–H groups in total. The number of ether oxygens (including phenoxy) is 1. The molecule has 0 saturated carbocycles. The van der Waals surface area contributed by atoms with E-state index in [0.717, 1.165) is 10.5 Å². The molecule has 0 aromatic heterocycles. The number of carbonyl (C=O) groups is 3. The minimum atomic E-state index is -2.67. The van der Waals surface area contributed by atoms with Crippen LogP contribution in [0, 0.1) is 10.8 Å². The van der Waals surface area contributed by atoms with E-state index >= 15 is 0 Å². The minimum absolute atomic E-state index is 0.0918. The van der Waals surface area contributed by atoms with Crippen molar-refractivity contribution in [3.8, 4) is 5.75 Å². The number of rotatable bonds is 4. The lowest BCUT2D eigenvalue weighted by Crippen LogP contribution is -2.81. The quantitative estimate of drug-likeness (QED) is 0.156. The van der Waals surface area contributed by atoms with Crippen molar-refractivity contribution < 1.29 is 29.3 Å². The van der Waals surface area contributed by atoms with Crippen LogP contribution >= 0.6 is 0 Å². The third-order valence-electron chi connectivity index (χ3n) is 8.07. The van der Waals surface area contributed by atoms with Crippen LogP contribution in [0.1, 0.15) is 42.6 Å². The van der Waals surface area contributed by atoms with E-state index in [1.165, 1.54) is 4.90 Å². The molecule has 0 bridgehead atoms. The molecule has 2 unspecified atom stereocenters. The fourth-order valence-electron chi connectivity index (χ4n) is 6.39. The first-order chi connectivity index (χ1) is 17.8. The number of imide groups is 1. The maximum Gasteiger partial charge on any atom is 0.255 e. The average molecular weight is 527 g/mol. The van der Waals surface area contributed by atoms with Crippen LogP contribution in [-0.4, -0.2) is 97.9 Å². The van der Waals surface area contributed by atoms with Gasteiger partial charge in [0.15, 0.2) is 17.6 Å². The highest BCUT2D eigenvalue weighted by molar-refractivity contribution is 6.02. The number of aliphatic hydroxyl groups is 2. The van der Waals surface area contributed by atoms with Gasteiger partial charge >= 0.3 is 0 Å². The van der Waals surface area contributed by atoms with Crippen molar-refractivity contribution in [3.63, 3.8) is 0 Å². The van der Waals surface area contributed by atoms with Gasteiger partial charge in [-0.25, -0.2) is 0 Å². The van der Waals surface area contributed by atoms with Crippen molar-refractivity contribution in [1.29, 1.82) is 10.8 Å². The molecule has 1 spiro atoms. The zero-order valence-corrected chi connectivity index (χ0v) is 20.9. The minimum Gasteiger partial charge on any atom is -0.486 e. The van der Waals surface area contributed by atoms with Crippen LogP contribution in [0.3, 0.4) is 0 Å². The molecular formula is C24H30N8O6. The third kappa shape index (κ3) is 3.29. The number of benzene rings is 1. The summed E-state index contributed by atoms with van der Waals surface area (Å²) in [5.41, 5.74) is -1.19. The van der Waals surface area contributed by atoms with Crippen LogP contribution < -0.4 is 26.0 Å². The van der Waals surface area contributed by atoms with Gasteiger partial charge in [-0.3, -0.25) is 30.1 Å². The molecule has 1 aromatic rings.